The van der Waals surface area contributed by atoms with Crippen molar-refractivity contribution in [2.75, 3.05) is 6.54 Å². The lowest BCUT2D eigenvalue weighted by molar-refractivity contribution is -0.0514. The SMILES string of the molecule is c1ccc2c(CNCC34CC5CC(CC(C5)C3)C4)c3ccccc3cc2c1. The van der Waals surface area contributed by atoms with Crippen molar-refractivity contribution in [3.05, 3.63) is 60.2 Å². The second-order valence-corrected chi connectivity index (χ2v) is 9.82. The second-order valence-electron chi connectivity index (χ2n) is 9.82. The smallest absolute Gasteiger partial charge is 0.0218 e. The van der Waals surface area contributed by atoms with Crippen molar-refractivity contribution in [1.82, 2.24) is 5.32 Å². The van der Waals surface area contributed by atoms with Gasteiger partial charge in [-0.25, -0.2) is 0 Å². The Labute approximate surface area is 162 Å². The minimum atomic E-state index is 0.606. The highest BCUT2D eigenvalue weighted by atomic mass is 14.9. The predicted octanol–water partition coefficient (Wildman–Crippen LogP) is 6.30. The van der Waals surface area contributed by atoms with E-state index in [9.17, 15) is 0 Å². The number of rotatable bonds is 4. The molecule has 1 heteroatoms. The zero-order valence-corrected chi connectivity index (χ0v) is 16.1. The van der Waals surface area contributed by atoms with Crippen molar-refractivity contribution in [1.29, 1.82) is 0 Å². The largest absolute Gasteiger partial charge is 0.312 e. The van der Waals surface area contributed by atoms with E-state index < -0.39 is 0 Å². The summed E-state index contributed by atoms with van der Waals surface area (Å²) in [5.41, 5.74) is 2.09. The van der Waals surface area contributed by atoms with E-state index in [4.69, 9.17) is 0 Å². The Hall–Kier alpha value is -1.86. The lowest BCUT2D eigenvalue weighted by Crippen LogP contribution is -2.50. The fourth-order valence-electron chi connectivity index (χ4n) is 7.26. The van der Waals surface area contributed by atoms with E-state index in [1.54, 1.807) is 0 Å². The molecule has 0 atom stereocenters. The fraction of sp³-hybridized carbons (Fsp3) is 0.462. The molecule has 3 aromatic carbocycles. The normalized spacial score (nSPS) is 31.8. The first-order chi connectivity index (χ1) is 13.3. The zero-order chi connectivity index (χ0) is 17.8. The molecule has 0 radical (unpaired) electrons. The van der Waals surface area contributed by atoms with Gasteiger partial charge in [0.05, 0.1) is 0 Å². The van der Waals surface area contributed by atoms with E-state index in [2.05, 4.69) is 59.9 Å². The minimum Gasteiger partial charge on any atom is -0.312 e. The highest BCUT2D eigenvalue weighted by Crippen LogP contribution is 2.59. The summed E-state index contributed by atoms with van der Waals surface area (Å²) in [5.74, 6) is 3.12. The van der Waals surface area contributed by atoms with E-state index in [1.165, 1.54) is 72.2 Å². The van der Waals surface area contributed by atoms with Crippen LogP contribution in [0.15, 0.2) is 54.6 Å². The van der Waals surface area contributed by atoms with Gasteiger partial charge in [-0.2, -0.15) is 0 Å². The lowest BCUT2D eigenvalue weighted by Gasteiger charge is -2.57. The van der Waals surface area contributed by atoms with Crippen LogP contribution in [0.25, 0.3) is 21.5 Å². The molecule has 3 aromatic rings. The number of nitrogens with one attached hydrogen (secondary N) is 1. The van der Waals surface area contributed by atoms with Crippen LogP contribution >= 0.6 is 0 Å². The average Bonchev–Trinajstić information content (AvgIpc) is 2.66. The molecule has 1 N–H and O–H groups in total. The molecule has 0 aromatic heterocycles. The first-order valence-electron chi connectivity index (χ1n) is 10.9. The third-order valence-electron chi connectivity index (χ3n) is 7.85. The molecule has 138 valence electrons. The zero-order valence-electron chi connectivity index (χ0n) is 16.1. The highest BCUT2D eigenvalue weighted by Gasteiger charge is 2.50. The van der Waals surface area contributed by atoms with Crippen molar-refractivity contribution < 1.29 is 0 Å². The number of hydrogen-bond donors (Lipinski definition) is 1. The highest BCUT2D eigenvalue weighted by molar-refractivity contribution is 6.02. The van der Waals surface area contributed by atoms with Gasteiger partial charge >= 0.3 is 0 Å². The molecule has 0 heterocycles. The first kappa shape index (κ1) is 16.1. The molecular weight excluding hydrogens is 326 g/mol. The summed E-state index contributed by atoms with van der Waals surface area (Å²) in [7, 11) is 0. The van der Waals surface area contributed by atoms with Crippen LogP contribution in [-0.4, -0.2) is 6.54 Å². The molecule has 7 rings (SSSR count). The number of fused-ring (bicyclic) bond motifs is 2. The van der Waals surface area contributed by atoms with Crippen molar-refractivity contribution in [2.45, 2.75) is 45.1 Å². The van der Waals surface area contributed by atoms with Crippen LogP contribution in [0.1, 0.15) is 44.1 Å². The quantitative estimate of drug-likeness (QED) is 0.542. The molecule has 0 unspecified atom stereocenters. The third-order valence-corrected chi connectivity index (χ3v) is 7.85. The Morgan fingerprint density at radius 1 is 0.741 bits per heavy atom. The second kappa shape index (κ2) is 6.07. The number of hydrogen-bond acceptors (Lipinski definition) is 1. The fourth-order valence-corrected chi connectivity index (χ4v) is 7.26. The van der Waals surface area contributed by atoms with Gasteiger partial charge in [-0.15, -0.1) is 0 Å². The van der Waals surface area contributed by atoms with Crippen molar-refractivity contribution >= 4 is 21.5 Å². The van der Waals surface area contributed by atoms with Gasteiger partial charge in [0, 0.05) is 13.1 Å². The predicted molar refractivity (Wildman–Crippen MR) is 114 cm³/mol. The van der Waals surface area contributed by atoms with Crippen LogP contribution in [-0.2, 0) is 6.54 Å². The van der Waals surface area contributed by atoms with Crippen LogP contribution in [0.4, 0.5) is 0 Å². The van der Waals surface area contributed by atoms with Gasteiger partial charge in [-0.05, 0) is 94.9 Å². The molecule has 27 heavy (non-hydrogen) atoms. The Morgan fingerprint density at radius 3 is 1.81 bits per heavy atom. The van der Waals surface area contributed by atoms with Gasteiger partial charge in [0.2, 0.25) is 0 Å². The summed E-state index contributed by atoms with van der Waals surface area (Å²) in [5, 5.41) is 9.49. The molecule has 0 spiro atoms. The minimum absolute atomic E-state index is 0.606. The lowest BCUT2D eigenvalue weighted by atomic mass is 9.49. The van der Waals surface area contributed by atoms with E-state index in [-0.39, 0.29) is 0 Å². The summed E-state index contributed by atoms with van der Waals surface area (Å²) in [6, 6.07) is 20.1. The molecule has 0 aliphatic heterocycles. The van der Waals surface area contributed by atoms with Crippen LogP contribution in [0.2, 0.25) is 0 Å². The Morgan fingerprint density at radius 2 is 1.26 bits per heavy atom. The van der Waals surface area contributed by atoms with E-state index in [1.807, 2.05) is 0 Å². The summed E-state index contributed by atoms with van der Waals surface area (Å²) < 4.78 is 0. The molecule has 0 amide bonds. The third kappa shape index (κ3) is 2.70. The summed E-state index contributed by atoms with van der Waals surface area (Å²) in [6.07, 6.45) is 9.07. The molecule has 4 aliphatic carbocycles. The van der Waals surface area contributed by atoms with Gasteiger partial charge in [0.15, 0.2) is 0 Å². The Kier molecular flexibility index (Phi) is 3.63. The summed E-state index contributed by atoms with van der Waals surface area (Å²) >= 11 is 0. The van der Waals surface area contributed by atoms with Crippen LogP contribution < -0.4 is 5.32 Å². The molecule has 1 nitrogen and oxygen atoms in total. The van der Waals surface area contributed by atoms with Gasteiger partial charge in [0.25, 0.3) is 0 Å². The van der Waals surface area contributed by atoms with Crippen LogP contribution in [0.3, 0.4) is 0 Å². The summed E-state index contributed by atoms with van der Waals surface area (Å²) in [6.45, 7) is 2.21. The Balaban J connectivity index is 1.30. The first-order valence-corrected chi connectivity index (χ1v) is 10.9. The molecule has 4 fully saturated rings. The summed E-state index contributed by atoms with van der Waals surface area (Å²) in [4.78, 5) is 0. The van der Waals surface area contributed by atoms with Crippen LogP contribution in [0, 0.1) is 23.2 Å². The van der Waals surface area contributed by atoms with E-state index >= 15 is 0 Å². The molecule has 4 bridgehead atoms. The van der Waals surface area contributed by atoms with Crippen molar-refractivity contribution in [2.24, 2.45) is 23.2 Å². The van der Waals surface area contributed by atoms with Crippen molar-refractivity contribution in [3.8, 4) is 0 Å². The Bertz CT molecular complexity index is 912. The van der Waals surface area contributed by atoms with Crippen molar-refractivity contribution in [3.63, 3.8) is 0 Å². The maximum Gasteiger partial charge on any atom is 0.0218 e. The standard InChI is InChI=1S/C26H29N/c1-3-7-23-21(5-1)12-22-6-2-4-8-24(22)25(23)16-27-17-26-13-18-9-19(14-26)11-20(10-18)15-26/h1-8,12,18-20,27H,9-11,13-17H2. The van der Waals surface area contributed by atoms with Gasteiger partial charge in [-0.1, -0.05) is 48.5 Å². The van der Waals surface area contributed by atoms with Gasteiger partial charge < -0.3 is 5.32 Å². The maximum absolute atomic E-state index is 3.94. The van der Waals surface area contributed by atoms with Crippen LogP contribution in [0.5, 0.6) is 0 Å². The molecule has 0 saturated heterocycles. The van der Waals surface area contributed by atoms with Gasteiger partial charge in [-0.3, -0.25) is 0 Å². The molecular formula is C26H29N. The topological polar surface area (TPSA) is 12.0 Å². The maximum atomic E-state index is 3.94. The molecule has 4 aliphatic rings. The monoisotopic (exact) mass is 355 g/mol. The number of benzene rings is 3. The van der Waals surface area contributed by atoms with E-state index in [0.717, 1.165) is 24.3 Å². The van der Waals surface area contributed by atoms with E-state index in [0.29, 0.717) is 5.41 Å². The average molecular weight is 356 g/mol. The molecule has 4 saturated carbocycles. The van der Waals surface area contributed by atoms with Gasteiger partial charge in [0.1, 0.15) is 0 Å².